The van der Waals surface area contributed by atoms with E-state index in [9.17, 15) is 15.0 Å². The summed E-state index contributed by atoms with van der Waals surface area (Å²) in [5.41, 5.74) is -0.00264. The minimum atomic E-state index is -0.530. The Kier molecular flexibility index (Phi) is 4.72. The van der Waals surface area contributed by atoms with Gasteiger partial charge in [-0.25, -0.2) is 0 Å². The lowest BCUT2D eigenvalue weighted by atomic mass is 10.0. The number of ether oxygens (including phenoxy) is 4. The highest BCUT2D eigenvalue weighted by Gasteiger charge is 2.23. The maximum absolute atomic E-state index is 13.1. The van der Waals surface area contributed by atoms with Crippen LogP contribution in [0.5, 0.6) is 34.5 Å². The van der Waals surface area contributed by atoms with E-state index in [1.807, 2.05) is 0 Å². The summed E-state index contributed by atoms with van der Waals surface area (Å²) < 4.78 is 26.4. The fraction of sp³-hybridized carbons (Fsp3) is 0.211. The monoisotopic (exact) mass is 374 g/mol. The third-order valence-corrected chi connectivity index (χ3v) is 4.17. The molecule has 142 valence electrons. The molecule has 3 aromatic rings. The summed E-state index contributed by atoms with van der Waals surface area (Å²) in [7, 11) is 5.63. The zero-order chi connectivity index (χ0) is 19.7. The van der Waals surface area contributed by atoms with Crippen LogP contribution in [-0.4, -0.2) is 38.7 Å². The molecule has 0 fully saturated rings. The van der Waals surface area contributed by atoms with Crippen LogP contribution in [0.15, 0.2) is 33.7 Å². The molecule has 27 heavy (non-hydrogen) atoms. The van der Waals surface area contributed by atoms with Crippen molar-refractivity contribution in [1.29, 1.82) is 0 Å². The Morgan fingerprint density at radius 3 is 2.11 bits per heavy atom. The highest BCUT2D eigenvalue weighted by molar-refractivity contribution is 5.92. The highest BCUT2D eigenvalue weighted by atomic mass is 16.5. The lowest BCUT2D eigenvalue weighted by Crippen LogP contribution is -2.07. The molecule has 2 aromatic carbocycles. The predicted octanol–water partition coefficient (Wildman–Crippen LogP) is 2.91. The van der Waals surface area contributed by atoms with E-state index in [1.54, 1.807) is 12.1 Å². The summed E-state index contributed by atoms with van der Waals surface area (Å²) in [5.74, 6) is -0.0631. The van der Waals surface area contributed by atoms with Crippen LogP contribution in [0, 0.1) is 0 Å². The van der Waals surface area contributed by atoms with Gasteiger partial charge in [-0.2, -0.15) is 0 Å². The molecule has 1 aromatic heterocycles. The van der Waals surface area contributed by atoms with E-state index < -0.39 is 11.2 Å². The van der Waals surface area contributed by atoms with Crippen LogP contribution >= 0.6 is 0 Å². The molecule has 0 unspecified atom stereocenters. The molecule has 0 saturated carbocycles. The van der Waals surface area contributed by atoms with Gasteiger partial charge in [0.25, 0.3) is 0 Å². The molecule has 0 radical (unpaired) electrons. The van der Waals surface area contributed by atoms with E-state index in [1.165, 1.54) is 40.8 Å². The number of fused-ring (bicyclic) bond motifs is 1. The third kappa shape index (κ3) is 2.75. The summed E-state index contributed by atoms with van der Waals surface area (Å²) >= 11 is 0. The van der Waals surface area contributed by atoms with E-state index in [0.717, 1.165) is 0 Å². The second kappa shape index (κ2) is 6.99. The lowest BCUT2D eigenvalue weighted by molar-refractivity contribution is 0.325. The van der Waals surface area contributed by atoms with Gasteiger partial charge in [-0.05, 0) is 12.1 Å². The van der Waals surface area contributed by atoms with Crippen molar-refractivity contribution in [2.45, 2.75) is 0 Å². The van der Waals surface area contributed by atoms with Gasteiger partial charge in [-0.3, -0.25) is 4.79 Å². The lowest BCUT2D eigenvalue weighted by Gasteiger charge is -2.16. The Hall–Kier alpha value is -3.55. The Balaban J connectivity index is 2.37. The summed E-state index contributed by atoms with van der Waals surface area (Å²) in [6.45, 7) is 0. The normalized spacial score (nSPS) is 10.7. The van der Waals surface area contributed by atoms with Crippen molar-refractivity contribution in [3.63, 3.8) is 0 Å². The Morgan fingerprint density at radius 2 is 1.52 bits per heavy atom. The van der Waals surface area contributed by atoms with E-state index in [4.69, 9.17) is 23.4 Å². The summed E-state index contributed by atoms with van der Waals surface area (Å²) in [4.78, 5) is 13.1. The van der Waals surface area contributed by atoms with Crippen molar-refractivity contribution in [3.05, 3.63) is 34.7 Å². The Bertz CT molecular complexity index is 1070. The van der Waals surface area contributed by atoms with Crippen LogP contribution in [0.25, 0.3) is 22.1 Å². The highest BCUT2D eigenvalue weighted by Crippen LogP contribution is 2.45. The molecule has 1 heterocycles. The SMILES string of the molecule is COc1ccc(-c2coc3cc(O)c(OC)c(O)c3c2=O)c(OC)c1OC. The second-order valence-electron chi connectivity index (χ2n) is 5.51. The summed E-state index contributed by atoms with van der Waals surface area (Å²) in [6.07, 6.45) is 1.22. The maximum Gasteiger partial charge on any atom is 0.204 e. The molecule has 0 atom stereocenters. The Morgan fingerprint density at radius 1 is 0.852 bits per heavy atom. The predicted molar refractivity (Wildman–Crippen MR) is 97.5 cm³/mol. The molecule has 2 N–H and O–H groups in total. The summed E-state index contributed by atoms with van der Waals surface area (Å²) in [5, 5.41) is 20.1. The number of phenols is 2. The van der Waals surface area contributed by atoms with Gasteiger partial charge in [-0.15, -0.1) is 0 Å². The van der Waals surface area contributed by atoms with Gasteiger partial charge in [0.2, 0.25) is 16.9 Å². The number of hydrogen-bond donors (Lipinski definition) is 2. The van der Waals surface area contributed by atoms with Crippen LogP contribution in [0.2, 0.25) is 0 Å². The molecule has 8 heteroatoms. The first kappa shape index (κ1) is 18.2. The smallest absolute Gasteiger partial charge is 0.204 e. The van der Waals surface area contributed by atoms with Gasteiger partial charge in [0.05, 0.1) is 34.0 Å². The standard InChI is InChI=1S/C19H18O8/c1-23-12-6-5-9(17(24-2)19(12)26-4)10-8-27-13-7-11(20)18(25-3)16(22)14(13)15(10)21/h5-8,20,22H,1-4H3. The van der Waals surface area contributed by atoms with Crippen LogP contribution < -0.4 is 24.4 Å². The molecule has 3 rings (SSSR count). The Labute approximate surface area is 154 Å². The number of methoxy groups -OCH3 is 4. The molecule has 0 aliphatic carbocycles. The zero-order valence-corrected chi connectivity index (χ0v) is 15.2. The number of rotatable bonds is 5. The van der Waals surface area contributed by atoms with E-state index in [-0.39, 0.29) is 33.8 Å². The van der Waals surface area contributed by atoms with Gasteiger partial charge in [0, 0.05) is 11.6 Å². The topological polar surface area (TPSA) is 108 Å². The number of benzene rings is 2. The average molecular weight is 374 g/mol. The van der Waals surface area contributed by atoms with Crippen molar-refractivity contribution < 1.29 is 33.6 Å². The fourth-order valence-electron chi connectivity index (χ4n) is 2.94. The van der Waals surface area contributed by atoms with Crippen LogP contribution in [0.4, 0.5) is 0 Å². The van der Waals surface area contributed by atoms with Crippen LogP contribution in [0.3, 0.4) is 0 Å². The molecule has 8 nitrogen and oxygen atoms in total. The molecule has 0 spiro atoms. The third-order valence-electron chi connectivity index (χ3n) is 4.17. The van der Waals surface area contributed by atoms with Gasteiger partial charge in [0.15, 0.2) is 23.0 Å². The van der Waals surface area contributed by atoms with Crippen LogP contribution in [0.1, 0.15) is 0 Å². The van der Waals surface area contributed by atoms with Crippen molar-refractivity contribution in [1.82, 2.24) is 0 Å². The molecule has 0 aliphatic rings. The second-order valence-corrected chi connectivity index (χ2v) is 5.51. The maximum atomic E-state index is 13.1. The molecule has 0 amide bonds. The van der Waals surface area contributed by atoms with E-state index in [2.05, 4.69) is 0 Å². The van der Waals surface area contributed by atoms with Crippen molar-refractivity contribution >= 4 is 11.0 Å². The molecule has 0 saturated heterocycles. The molecular weight excluding hydrogens is 356 g/mol. The first-order chi connectivity index (χ1) is 13.0. The number of phenolic OH excluding ortho intramolecular Hbond substituents is 2. The van der Waals surface area contributed by atoms with Gasteiger partial charge < -0.3 is 33.6 Å². The molecular formula is C19H18O8. The molecule has 0 aliphatic heterocycles. The molecule has 0 bridgehead atoms. The fourth-order valence-corrected chi connectivity index (χ4v) is 2.94. The zero-order valence-electron chi connectivity index (χ0n) is 15.2. The average Bonchev–Trinajstić information content (AvgIpc) is 2.67. The number of hydrogen-bond acceptors (Lipinski definition) is 8. The van der Waals surface area contributed by atoms with E-state index >= 15 is 0 Å². The van der Waals surface area contributed by atoms with E-state index in [0.29, 0.717) is 17.1 Å². The van der Waals surface area contributed by atoms with Crippen molar-refractivity contribution in [2.24, 2.45) is 0 Å². The van der Waals surface area contributed by atoms with Crippen molar-refractivity contribution in [2.75, 3.05) is 28.4 Å². The largest absolute Gasteiger partial charge is 0.504 e. The number of aromatic hydroxyl groups is 2. The summed E-state index contributed by atoms with van der Waals surface area (Å²) in [6, 6.07) is 4.44. The van der Waals surface area contributed by atoms with Gasteiger partial charge in [-0.1, -0.05) is 0 Å². The first-order valence-corrected chi connectivity index (χ1v) is 7.82. The van der Waals surface area contributed by atoms with Crippen molar-refractivity contribution in [3.8, 4) is 45.6 Å². The van der Waals surface area contributed by atoms with Gasteiger partial charge >= 0.3 is 0 Å². The minimum absolute atomic E-state index is 0.0130. The minimum Gasteiger partial charge on any atom is -0.504 e. The quantitative estimate of drug-likeness (QED) is 0.702. The van der Waals surface area contributed by atoms with Gasteiger partial charge in [0.1, 0.15) is 17.2 Å². The first-order valence-electron chi connectivity index (χ1n) is 7.82. The van der Waals surface area contributed by atoms with Crippen LogP contribution in [-0.2, 0) is 0 Å².